The Morgan fingerprint density at radius 1 is 0.727 bits per heavy atom. The lowest BCUT2D eigenvalue weighted by atomic mass is 9.97. The Hall–Kier alpha value is -1.12. The first-order valence-corrected chi connectivity index (χ1v) is 14.6. The van der Waals surface area contributed by atoms with Gasteiger partial charge in [0.25, 0.3) is 5.91 Å². The molecule has 1 aliphatic rings. The molecule has 0 aromatic rings. The first-order valence-electron chi connectivity index (χ1n) is 14.6. The van der Waals surface area contributed by atoms with Crippen LogP contribution in [0.4, 0.5) is 0 Å². The van der Waals surface area contributed by atoms with Gasteiger partial charge in [0.2, 0.25) is 5.78 Å². The summed E-state index contributed by atoms with van der Waals surface area (Å²) in [6.07, 6.45) is 28.9. The lowest BCUT2D eigenvalue weighted by Gasteiger charge is -2.28. The Balaban J connectivity index is 2.28. The Morgan fingerprint density at radius 2 is 1.18 bits per heavy atom. The third-order valence-electron chi connectivity index (χ3n) is 7.34. The van der Waals surface area contributed by atoms with E-state index >= 15 is 0 Å². The summed E-state index contributed by atoms with van der Waals surface area (Å²) in [6, 6.07) is 0.132. The van der Waals surface area contributed by atoms with E-state index in [1.54, 1.807) is 0 Å². The molecule has 1 saturated heterocycles. The number of nitrogens with zero attached hydrogens (tertiary/aromatic N) is 1. The molecule has 0 saturated carbocycles. The molecule has 1 rings (SSSR count). The zero-order valence-electron chi connectivity index (χ0n) is 22.5. The number of ketones is 1. The summed E-state index contributed by atoms with van der Waals surface area (Å²) in [7, 11) is 0. The minimum atomic E-state index is -0.245. The van der Waals surface area contributed by atoms with Crippen LogP contribution in [0, 0.1) is 0 Å². The van der Waals surface area contributed by atoms with Crippen molar-refractivity contribution in [3.05, 3.63) is 11.6 Å². The molecule has 0 N–H and O–H groups in total. The molecule has 1 unspecified atom stereocenters. The van der Waals surface area contributed by atoms with E-state index in [1.165, 1.54) is 115 Å². The maximum absolute atomic E-state index is 12.4. The number of amides is 1. The molecule has 1 amide bonds. The monoisotopic (exact) mass is 461 g/mol. The summed E-state index contributed by atoms with van der Waals surface area (Å²) in [5.74, 6) is -0.442. The first kappa shape index (κ1) is 29.9. The molecule has 0 bridgehead atoms. The van der Waals surface area contributed by atoms with E-state index in [9.17, 15) is 9.59 Å². The predicted molar refractivity (Wildman–Crippen MR) is 143 cm³/mol. The van der Waals surface area contributed by atoms with Gasteiger partial charge in [-0.05, 0) is 26.2 Å². The van der Waals surface area contributed by atoms with Crippen molar-refractivity contribution >= 4 is 11.7 Å². The fourth-order valence-corrected chi connectivity index (χ4v) is 5.09. The summed E-state index contributed by atoms with van der Waals surface area (Å²) in [5, 5.41) is 0. The molecule has 1 atom stereocenters. The second-order valence-corrected chi connectivity index (χ2v) is 10.4. The standard InChI is InChI=1S/C30H55NO2/c1-4-6-8-10-12-13-14-15-16-18-19-21-23-27(3)28(31-26-25-29(32)30(31)33)24-22-20-17-11-9-7-5-2/h23,28H,4-22,24-26H2,1-3H3. The van der Waals surface area contributed by atoms with Gasteiger partial charge in [-0.25, -0.2) is 0 Å². The molecule has 33 heavy (non-hydrogen) atoms. The van der Waals surface area contributed by atoms with Gasteiger partial charge in [-0.15, -0.1) is 0 Å². The number of rotatable bonds is 22. The Morgan fingerprint density at radius 3 is 1.64 bits per heavy atom. The summed E-state index contributed by atoms with van der Waals surface area (Å²) in [6.45, 7) is 7.33. The lowest BCUT2D eigenvalue weighted by Crippen LogP contribution is -2.38. The smallest absolute Gasteiger partial charge is 0.290 e. The van der Waals surface area contributed by atoms with Gasteiger partial charge >= 0.3 is 0 Å². The molecule has 1 heterocycles. The second-order valence-electron chi connectivity index (χ2n) is 10.4. The quantitative estimate of drug-likeness (QED) is 0.0916. The van der Waals surface area contributed by atoms with Gasteiger partial charge in [-0.3, -0.25) is 9.59 Å². The summed E-state index contributed by atoms with van der Waals surface area (Å²) in [5.41, 5.74) is 1.30. The van der Waals surface area contributed by atoms with E-state index in [0.717, 1.165) is 19.3 Å². The maximum Gasteiger partial charge on any atom is 0.290 e. The first-order chi connectivity index (χ1) is 16.1. The predicted octanol–water partition coefficient (Wildman–Crippen LogP) is 8.94. The zero-order valence-corrected chi connectivity index (χ0v) is 22.5. The van der Waals surface area contributed by atoms with Gasteiger partial charge < -0.3 is 4.90 Å². The van der Waals surface area contributed by atoms with Crippen LogP contribution in [0.2, 0.25) is 0 Å². The maximum atomic E-state index is 12.4. The summed E-state index contributed by atoms with van der Waals surface area (Å²) < 4.78 is 0. The van der Waals surface area contributed by atoms with Crippen molar-refractivity contribution in [2.75, 3.05) is 6.54 Å². The van der Waals surface area contributed by atoms with E-state index < -0.39 is 0 Å². The number of likely N-dealkylation sites (tertiary alicyclic amines) is 1. The fourth-order valence-electron chi connectivity index (χ4n) is 5.09. The van der Waals surface area contributed by atoms with E-state index in [0.29, 0.717) is 13.0 Å². The number of hydrogen-bond donors (Lipinski definition) is 0. The fraction of sp³-hybridized carbons (Fsp3) is 0.867. The van der Waals surface area contributed by atoms with Gasteiger partial charge in [0.15, 0.2) is 0 Å². The largest absolute Gasteiger partial charge is 0.329 e. The molecule has 0 radical (unpaired) electrons. The van der Waals surface area contributed by atoms with Gasteiger partial charge in [0.05, 0.1) is 6.04 Å². The average Bonchev–Trinajstić information content (AvgIpc) is 3.14. The van der Waals surface area contributed by atoms with Crippen LogP contribution in [0.5, 0.6) is 0 Å². The lowest BCUT2D eigenvalue weighted by molar-refractivity contribution is -0.140. The minimum absolute atomic E-state index is 0.132. The van der Waals surface area contributed by atoms with E-state index in [2.05, 4.69) is 26.8 Å². The van der Waals surface area contributed by atoms with Gasteiger partial charge in [0, 0.05) is 13.0 Å². The van der Waals surface area contributed by atoms with Crippen molar-refractivity contribution in [2.45, 2.75) is 162 Å². The highest BCUT2D eigenvalue weighted by Crippen LogP contribution is 2.23. The molecule has 3 nitrogen and oxygen atoms in total. The van der Waals surface area contributed by atoms with E-state index in [1.807, 2.05) is 4.90 Å². The molecule has 3 heteroatoms. The van der Waals surface area contributed by atoms with E-state index in [4.69, 9.17) is 0 Å². The van der Waals surface area contributed by atoms with Crippen LogP contribution >= 0.6 is 0 Å². The Bertz CT molecular complexity index is 539. The number of carbonyl (C=O) groups excluding carboxylic acids is 2. The second kappa shape index (κ2) is 20.3. The Labute approximate surface area is 206 Å². The van der Waals surface area contributed by atoms with Crippen molar-refractivity contribution < 1.29 is 9.59 Å². The molecular formula is C30H55NO2. The SMILES string of the molecule is CCCCCCCCCCCCCC=C(C)C(CCCCCCCCC)N1CCC(=O)C1=O. The minimum Gasteiger partial charge on any atom is -0.329 e. The van der Waals surface area contributed by atoms with Crippen LogP contribution < -0.4 is 0 Å². The average molecular weight is 462 g/mol. The van der Waals surface area contributed by atoms with Crippen molar-refractivity contribution in [3.8, 4) is 0 Å². The normalized spacial score (nSPS) is 15.6. The number of unbranched alkanes of at least 4 members (excludes halogenated alkanes) is 17. The third kappa shape index (κ3) is 14.0. The van der Waals surface area contributed by atoms with Gasteiger partial charge in [0.1, 0.15) is 0 Å². The van der Waals surface area contributed by atoms with Crippen LogP contribution in [-0.4, -0.2) is 29.2 Å². The van der Waals surface area contributed by atoms with Crippen LogP contribution in [0.25, 0.3) is 0 Å². The highest BCUT2D eigenvalue weighted by atomic mass is 16.2. The molecule has 192 valence electrons. The van der Waals surface area contributed by atoms with Gasteiger partial charge in [-0.2, -0.15) is 0 Å². The van der Waals surface area contributed by atoms with Gasteiger partial charge in [-0.1, -0.05) is 135 Å². The molecule has 0 aliphatic carbocycles. The summed E-state index contributed by atoms with van der Waals surface area (Å²) >= 11 is 0. The van der Waals surface area contributed by atoms with Crippen molar-refractivity contribution in [1.29, 1.82) is 0 Å². The van der Waals surface area contributed by atoms with Crippen LogP contribution in [0.15, 0.2) is 11.6 Å². The van der Waals surface area contributed by atoms with Crippen LogP contribution in [0.1, 0.15) is 156 Å². The molecule has 1 aliphatic heterocycles. The highest BCUT2D eigenvalue weighted by molar-refractivity contribution is 6.38. The summed E-state index contributed by atoms with van der Waals surface area (Å²) in [4.78, 5) is 26.1. The third-order valence-corrected chi connectivity index (χ3v) is 7.34. The van der Waals surface area contributed by atoms with Crippen LogP contribution in [0.3, 0.4) is 0 Å². The van der Waals surface area contributed by atoms with Crippen molar-refractivity contribution in [3.63, 3.8) is 0 Å². The molecule has 0 aromatic carbocycles. The Kier molecular flexibility index (Phi) is 18.4. The number of hydrogen-bond acceptors (Lipinski definition) is 2. The van der Waals surface area contributed by atoms with E-state index in [-0.39, 0.29) is 17.7 Å². The van der Waals surface area contributed by atoms with Crippen molar-refractivity contribution in [1.82, 2.24) is 4.90 Å². The van der Waals surface area contributed by atoms with Crippen molar-refractivity contribution in [2.24, 2.45) is 0 Å². The van der Waals surface area contributed by atoms with Crippen LogP contribution in [-0.2, 0) is 9.59 Å². The molecular weight excluding hydrogens is 406 g/mol. The number of Topliss-reactive ketones (excluding diaryl/α,β-unsaturated/α-hetero) is 1. The highest BCUT2D eigenvalue weighted by Gasteiger charge is 2.34. The number of allylic oxidation sites excluding steroid dienone is 1. The molecule has 0 spiro atoms. The topological polar surface area (TPSA) is 37.4 Å². The molecule has 1 fully saturated rings. The molecule has 0 aromatic heterocycles. The zero-order chi connectivity index (χ0) is 24.2. The number of carbonyl (C=O) groups is 2.